The number of phenolic OH excluding ortho intramolecular Hbond substituents is 2. The fourth-order valence-corrected chi connectivity index (χ4v) is 4.41. The summed E-state index contributed by atoms with van der Waals surface area (Å²) in [6.45, 7) is 14.3. The van der Waals surface area contributed by atoms with Crippen LogP contribution < -0.4 is 5.73 Å². The Morgan fingerprint density at radius 1 is 0.824 bits per heavy atom. The molecule has 2 heterocycles. The Morgan fingerprint density at radius 3 is 1.94 bits per heavy atom. The molecule has 1 saturated heterocycles. The van der Waals surface area contributed by atoms with Crippen LogP contribution in [0.1, 0.15) is 68.8 Å². The van der Waals surface area contributed by atoms with Gasteiger partial charge in [0.1, 0.15) is 11.5 Å². The van der Waals surface area contributed by atoms with Crippen LogP contribution in [0.2, 0.25) is 0 Å². The summed E-state index contributed by atoms with van der Waals surface area (Å²) in [6, 6.07) is 16.7. The van der Waals surface area contributed by atoms with Gasteiger partial charge in [-0.3, -0.25) is 4.90 Å². The minimum atomic E-state index is 0.109. The van der Waals surface area contributed by atoms with Gasteiger partial charge in [0.05, 0.1) is 5.69 Å². The van der Waals surface area contributed by atoms with E-state index in [1.165, 1.54) is 43.1 Å². The highest BCUT2D eigenvalue weighted by Crippen LogP contribution is 2.38. The van der Waals surface area contributed by atoms with Crippen molar-refractivity contribution in [2.24, 2.45) is 5.73 Å². The van der Waals surface area contributed by atoms with Crippen LogP contribution >= 0.6 is 0 Å². The molecule has 1 fully saturated rings. The molecule has 0 spiro atoms. The highest BCUT2D eigenvalue weighted by molar-refractivity contribution is 5.71. The number of aryl methyl sites for hydroxylation is 1. The van der Waals surface area contributed by atoms with E-state index >= 15 is 0 Å². The number of hydrogen-bond donors (Lipinski definition) is 3. The Labute approximate surface area is 204 Å². The smallest absolute Gasteiger partial charge is 0.128 e. The topological polar surface area (TPSA) is 74.6 Å². The Morgan fingerprint density at radius 2 is 1.38 bits per heavy atom. The molecule has 0 bridgehead atoms. The quantitative estimate of drug-likeness (QED) is 0.419. The minimum absolute atomic E-state index is 0.109. The third-order valence-corrected chi connectivity index (χ3v) is 6.21. The van der Waals surface area contributed by atoms with Crippen molar-refractivity contribution in [3.8, 4) is 22.8 Å². The normalized spacial score (nSPS) is 14.0. The summed E-state index contributed by atoms with van der Waals surface area (Å²) in [5.41, 5.74) is 11.4. The maximum atomic E-state index is 10.5. The zero-order valence-electron chi connectivity index (χ0n) is 21.4. The summed E-state index contributed by atoms with van der Waals surface area (Å²) in [4.78, 5) is 2.52. The lowest BCUT2D eigenvalue weighted by Gasteiger charge is -2.17. The van der Waals surface area contributed by atoms with Crippen LogP contribution in [-0.2, 0) is 13.1 Å². The number of nitrogens with two attached hydrogens (primary N) is 1. The van der Waals surface area contributed by atoms with Gasteiger partial charge in [-0.1, -0.05) is 52.0 Å². The lowest BCUT2D eigenvalue weighted by atomic mass is 9.97. The molecule has 0 saturated carbocycles. The Bertz CT molecular complexity index is 1060. The molecule has 4 N–H and O–H groups in total. The fraction of sp³-hybridized carbons (Fsp3) is 0.448. The van der Waals surface area contributed by atoms with Gasteiger partial charge >= 0.3 is 0 Å². The van der Waals surface area contributed by atoms with Crippen LogP contribution in [-0.4, -0.2) is 38.8 Å². The van der Waals surface area contributed by atoms with Crippen LogP contribution in [0.4, 0.5) is 0 Å². The number of benzene rings is 2. The molecule has 0 unspecified atom stereocenters. The van der Waals surface area contributed by atoms with E-state index in [-0.39, 0.29) is 17.4 Å². The van der Waals surface area contributed by atoms with Crippen LogP contribution in [0.5, 0.6) is 11.5 Å². The number of aromatic hydroxyl groups is 2. The second kappa shape index (κ2) is 11.6. The molecule has 5 nitrogen and oxygen atoms in total. The summed E-state index contributed by atoms with van der Waals surface area (Å²) in [6.07, 6.45) is 2.63. The van der Waals surface area contributed by atoms with Crippen molar-refractivity contribution >= 4 is 0 Å². The highest BCUT2D eigenvalue weighted by atomic mass is 16.3. The molecular formula is C29H41N3O2. The maximum Gasteiger partial charge on any atom is 0.128 e. The predicted molar refractivity (Wildman–Crippen MR) is 141 cm³/mol. The minimum Gasteiger partial charge on any atom is -0.508 e. The number of hydrogen-bond acceptors (Lipinski definition) is 4. The van der Waals surface area contributed by atoms with Crippen molar-refractivity contribution in [2.75, 3.05) is 13.1 Å². The van der Waals surface area contributed by atoms with E-state index < -0.39 is 0 Å². The third kappa shape index (κ3) is 6.64. The predicted octanol–water partition coefficient (Wildman–Crippen LogP) is 6.00. The molecule has 5 heteroatoms. The zero-order chi connectivity index (χ0) is 24.8. The van der Waals surface area contributed by atoms with Gasteiger partial charge < -0.3 is 20.5 Å². The molecule has 3 aromatic rings. The first-order chi connectivity index (χ1) is 16.2. The molecule has 0 radical (unpaired) electrons. The van der Waals surface area contributed by atoms with Gasteiger partial charge in [-0.05, 0) is 79.7 Å². The van der Waals surface area contributed by atoms with Crippen LogP contribution in [0.3, 0.4) is 0 Å². The van der Waals surface area contributed by atoms with Crippen molar-refractivity contribution in [1.29, 1.82) is 0 Å². The van der Waals surface area contributed by atoms with Crippen molar-refractivity contribution in [2.45, 2.75) is 72.5 Å². The van der Waals surface area contributed by atoms with Crippen molar-refractivity contribution in [3.05, 3.63) is 70.9 Å². The second-order valence-corrected chi connectivity index (χ2v) is 10.1. The van der Waals surface area contributed by atoms with Gasteiger partial charge in [0, 0.05) is 30.4 Å². The standard InChI is InChI=1S/C26H32N2O2.C3H9N/c1-18(2)22-14-23(26(30)15-25(22)29)24-11-6-19(3)28(24)17-21-9-7-20(8-10-21)16-27-12-4-5-13-27;1-3(2)4/h6-11,14-15,18,29-30H,4-5,12-13,16-17H2,1-3H3;3H,4H2,1-2H3. The largest absolute Gasteiger partial charge is 0.508 e. The van der Waals surface area contributed by atoms with Crippen LogP contribution in [0, 0.1) is 6.92 Å². The van der Waals surface area contributed by atoms with Crippen LogP contribution in [0.15, 0.2) is 48.5 Å². The number of likely N-dealkylation sites (tertiary alicyclic amines) is 1. The van der Waals surface area contributed by atoms with E-state index in [2.05, 4.69) is 46.7 Å². The maximum absolute atomic E-state index is 10.5. The number of nitrogens with zero attached hydrogens (tertiary/aromatic N) is 2. The van der Waals surface area contributed by atoms with E-state index in [0.717, 1.165) is 35.6 Å². The lowest BCUT2D eigenvalue weighted by molar-refractivity contribution is 0.331. The van der Waals surface area contributed by atoms with Crippen molar-refractivity contribution < 1.29 is 10.2 Å². The molecule has 1 aromatic heterocycles. The highest BCUT2D eigenvalue weighted by Gasteiger charge is 2.17. The first-order valence-electron chi connectivity index (χ1n) is 12.4. The van der Waals surface area contributed by atoms with Gasteiger partial charge in [0.2, 0.25) is 0 Å². The first-order valence-corrected chi connectivity index (χ1v) is 12.4. The number of aromatic nitrogens is 1. The Kier molecular flexibility index (Phi) is 8.81. The molecule has 1 aliphatic heterocycles. The molecule has 1 aliphatic rings. The van der Waals surface area contributed by atoms with Crippen LogP contribution in [0.25, 0.3) is 11.3 Å². The van der Waals surface area contributed by atoms with Crippen molar-refractivity contribution in [3.63, 3.8) is 0 Å². The lowest BCUT2D eigenvalue weighted by Crippen LogP contribution is -2.18. The summed E-state index contributed by atoms with van der Waals surface area (Å²) >= 11 is 0. The average molecular weight is 464 g/mol. The monoisotopic (exact) mass is 463 g/mol. The summed E-state index contributed by atoms with van der Waals surface area (Å²) in [7, 11) is 0. The number of phenols is 2. The molecule has 0 atom stereocenters. The van der Waals surface area contributed by atoms with Gasteiger partial charge in [0.25, 0.3) is 0 Å². The van der Waals surface area contributed by atoms with Crippen molar-refractivity contribution in [1.82, 2.24) is 9.47 Å². The molecule has 34 heavy (non-hydrogen) atoms. The van der Waals surface area contributed by atoms with Gasteiger partial charge in [-0.15, -0.1) is 0 Å². The average Bonchev–Trinajstić information content (AvgIpc) is 3.39. The fourth-order valence-electron chi connectivity index (χ4n) is 4.41. The van der Waals surface area contributed by atoms with Gasteiger partial charge in [0.15, 0.2) is 0 Å². The summed E-state index contributed by atoms with van der Waals surface area (Å²) in [5.74, 6) is 0.434. The van der Waals surface area contributed by atoms with E-state index in [1.807, 2.05) is 39.8 Å². The second-order valence-electron chi connectivity index (χ2n) is 10.1. The Balaban J connectivity index is 0.000000751. The van der Waals surface area contributed by atoms with Gasteiger partial charge in [-0.25, -0.2) is 0 Å². The van der Waals surface area contributed by atoms with E-state index in [4.69, 9.17) is 5.73 Å². The molecular weight excluding hydrogens is 422 g/mol. The van der Waals surface area contributed by atoms with Gasteiger partial charge in [-0.2, -0.15) is 0 Å². The van der Waals surface area contributed by atoms with E-state index in [0.29, 0.717) is 6.04 Å². The summed E-state index contributed by atoms with van der Waals surface area (Å²) in [5, 5.41) is 20.7. The SMILES string of the molecule is CC(C)N.Cc1ccc(-c2cc(C(C)C)c(O)cc2O)n1Cc1ccc(CN2CCCC2)cc1. The molecule has 0 amide bonds. The molecule has 4 rings (SSSR count). The number of rotatable bonds is 6. The Hall–Kier alpha value is -2.76. The molecule has 184 valence electrons. The molecule has 2 aromatic carbocycles. The van der Waals surface area contributed by atoms with E-state index in [1.54, 1.807) is 0 Å². The first kappa shape index (κ1) is 25.9. The third-order valence-electron chi connectivity index (χ3n) is 6.21. The summed E-state index contributed by atoms with van der Waals surface area (Å²) < 4.78 is 2.23. The zero-order valence-corrected chi connectivity index (χ0v) is 21.4. The molecule has 0 aliphatic carbocycles. The van der Waals surface area contributed by atoms with E-state index in [9.17, 15) is 10.2 Å².